The van der Waals surface area contributed by atoms with Crippen LogP contribution in [-0.4, -0.2) is 53.6 Å². The van der Waals surface area contributed by atoms with Crippen LogP contribution in [-0.2, 0) is 17.1 Å². The highest BCUT2D eigenvalue weighted by Gasteiger charge is 2.34. The summed E-state index contributed by atoms with van der Waals surface area (Å²) in [5.41, 5.74) is 0.344. The van der Waals surface area contributed by atoms with Crippen molar-refractivity contribution in [2.45, 2.75) is 11.8 Å². The fourth-order valence-corrected chi connectivity index (χ4v) is 4.83. The fourth-order valence-electron chi connectivity index (χ4n) is 3.27. The van der Waals surface area contributed by atoms with Crippen molar-refractivity contribution in [3.8, 4) is 6.07 Å². The van der Waals surface area contributed by atoms with Gasteiger partial charge in [0.2, 0.25) is 15.8 Å². The molecule has 3 rings (SSSR count). The number of hydrogen-bond acceptors (Lipinski definition) is 7. The van der Waals surface area contributed by atoms with Crippen LogP contribution in [0.4, 0.5) is 11.5 Å². The average Bonchev–Trinajstić information content (AvgIpc) is 2.95. The molecule has 2 heterocycles. The molecule has 0 aliphatic carbocycles. The summed E-state index contributed by atoms with van der Waals surface area (Å²) in [5, 5.41) is 24.6. The highest BCUT2D eigenvalue weighted by atomic mass is 32.2. The van der Waals surface area contributed by atoms with Crippen LogP contribution in [0.15, 0.2) is 29.2 Å². The van der Waals surface area contributed by atoms with Crippen molar-refractivity contribution >= 4 is 21.5 Å². The minimum Gasteiger partial charge on any atom is -0.348 e. The van der Waals surface area contributed by atoms with E-state index in [1.54, 1.807) is 31.0 Å². The molecule has 1 aliphatic heterocycles. The van der Waals surface area contributed by atoms with E-state index in [9.17, 15) is 23.8 Å². The smallest absolute Gasteiger partial charge is 0.333 e. The van der Waals surface area contributed by atoms with E-state index in [1.165, 1.54) is 21.1 Å². The Hall–Kier alpha value is -2.97. The van der Waals surface area contributed by atoms with Crippen molar-refractivity contribution in [2.24, 2.45) is 7.05 Å². The van der Waals surface area contributed by atoms with Crippen LogP contribution in [0.5, 0.6) is 0 Å². The van der Waals surface area contributed by atoms with E-state index in [-0.39, 0.29) is 42.3 Å². The maximum Gasteiger partial charge on any atom is 0.333 e. The van der Waals surface area contributed by atoms with Crippen LogP contribution in [0.2, 0.25) is 0 Å². The summed E-state index contributed by atoms with van der Waals surface area (Å²) < 4.78 is 28.5. The highest BCUT2D eigenvalue weighted by Crippen LogP contribution is 2.32. The molecule has 0 radical (unpaired) electrons. The molecular formula is C16H18N6O4S. The molecule has 10 nitrogen and oxygen atoms in total. The van der Waals surface area contributed by atoms with Crippen molar-refractivity contribution in [1.82, 2.24) is 14.1 Å². The van der Waals surface area contributed by atoms with E-state index in [4.69, 9.17) is 0 Å². The highest BCUT2D eigenvalue weighted by molar-refractivity contribution is 7.89. The monoisotopic (exact) mass is 390 g/mol. The summed E-state index contributed by atoms with van der Waals surface area (Å²) in [6.45, 7) is 2.45. The normalized spacial score (nSPS) is 15.5. The molecule has 2 aromatic rings. The number of nitro groups is 1. The summed E-state index contributed by atoms with van der Waals surface area (Å²) in [7, 11) is -2.19. The summed E-state index contributed by atoms with van der Waals surface area (Å²) in [6, 6.07) is 7.96. The van der Waals surface area contributed by atoms with Gasteiger partial charge in [0.15, 0.2) is 0 Å². The minimum atomic E-state index is -3.81. The van der Waals surface area contributed by atoms with Gasteiger partial charge in [-0.1, -0.05) is 12.1 Å². The number of nitrogens with zero attached hydrogens (tertiary/aromatic N) is 6. The zero-order chi connectivity index (χ0) is 19.8. The molecule has 1 fully saturated rings. The fraction of sp³-hybridized carbons (Fsp3) is 0.375. The molecule has 1 aromatic heterocycles. The topological polar surface area (TPSA) is 125 Å². The first-order valence-electron chi connectivity index (χ1n) is 8.19. The van der Waals surface area contributed by atoms with Gasteiger partial charge in [-0.3, -0.25) is 10.1 Å². The third-order valence-electron chi connectivity index (χ3n) is 4.51. The van der Waals surface area contributed by atoms with Crippen LogP contribution < -0.4 is 4.90 Å². The number of rotatable bonds is 4. The summed E-state index contributed by atoms with van der Waals surface area (Å²) in [6.07, 6.45) is 0. The SMILES string of the molecule is Cc1nn(C)c(N2CCN(S(=O)(=O)c3ccccc3C#N)CC2)c1[N+](=O)[O-]. The molecule has 0 atom stereocenters. The number of benzene rings is 1. The molecule has 142 valence electrons. The maximum absolute atomic E-state index is 12.9. The Bertz CT molecular complexity index is 1030. The first-order chi connectivity index (χ1) is 12.8. The standard InChI is InChI=1S/C16H18N6O4S/c1-12-15(22(23)24)16(19(2)18-12)20-7-9-21(10-8-20)27(25,26)14-6-4-3-5-13(14)11-17/h3-6H,7-10H2,1-2H3. The predicted octanol–water partition coefficient (Wildman–Crippen LogP) is 1.02. The van der Waals surface area contributed by atoms with Crippen LogP contribution >= 0.6 is 0 Å². The number of anilines is 1. The third kappa shape index (κ3) is 3.24. The lowest BCUT2D eigenvalue weighted by molar-refractivity contribution is -0.384. The van der Waals surface area contributed by atoms with E-state index in [1.807, 2.05) is 6.07 Å². The summed E-state index contributed by atoms with van der Waals surface area (Å²) in [5.74, 6) is 0.368. The minimum absolute atomic E-state index is 0.0247. The average molecular weight is 390 g/mol. The number of sulfonamides is 1. The van der Waals surface area contributed by atoms with E-state index in [0.717, 1.165) is 0 Å². The van der Waals surface area contributed by atoms with Crippen LogP contribution in [0.1, 0.15) is 11.3 Å². The Balaban J connectivity index is 1.84. The molecule has 1 aliphatic rings. The van der Waals surface area contributed by atoms with Crippen molar-refractivity contribution < 1.29 is 13.3 Å². The Morgan fingerprint density at radius 2 is 1.85 bits per heavy atom. The molecule has 27 heavy (non-hydrogen) atoms. The molecule has 0 N–H and O–H groups in total. The number of aromatic nitrogens is 2. The predicted molar refractivity (Wildman–Crippen MR) is 96.7 cm³/mol. The van der Waals surface area contributed by atoms with Gasteiger partial charge in [0, 0.05) is 33.2 Å². The number of hydrogen-bond donors (Lipinski definition) is 0. The van der Waals surface area contributed by atoms with Gasteiger partial charge in [0.1, 0.15) is 11.8 Å². The van der Waals surface area contributed by atoms with Crippen molar-refractivity contribution in [1.29, 1.82) is 5.26 Å². The van der Waals surface area contributed by atoms with Crippen molar-refractivity contribution in [2.75, 3.05) is 31.1 Å². The van der Waals surface area contributed by atoms with Crippen molar-refractivity contribution in [3.63, 3.8) is 0 Å². The first kappa shape index (κ1) is 18.8. The van der Waals surface area contributed by atoms with Gasteiger partial charge in [-0.15, -0.1) is 0 Å². The lowest BCUT2D eigenvalue weighted by Gasteiger charge is -2.34. The molecule has 1 aromatic carbocycles. The zero-order valence-electron chi connectivity index (χ0n) is 14.9. The molecule has 0 spiro atoms. The van der Waals surface area contributed by atoms with Crippen LogP contribution in [0, 0.1) is 28.4 Å². The second-order valence-corrected chi connectivity index (χ2v) is 8.04. The van der Waals surface area contributed by atoms with E-state index < -0.39 is 14.9 Å². The van der Waals surface area contributed by atoms with E-state index >= 15 is 0 Å². The third-order valence-corrected chi connectivity index (χ3v) is 6.46. The molecule has 0 bridgehead atoms. The molecule has 0 saturated carbocycles. The number of aryl methyl sites for hydroxylation is 2. The first-order valence-corrected chi connectivity index (χ1v) is 9.63. The Morgan fingerprint density at radius 3 is 2.44 bits per heavy atom. The quantitative estimate of drug-likeness (QED) is 0.563. The Morgan fingerprint density at radius 1 is 1.22 bits per heavy atom. The molecule has 11 heteroatoms. The van der Waals surface area contributed by atoms with Gasteiger partial charge in [0.25, 0.3) is 0 Å². The number of piperazine rings is 1. The van der Waals surface area contributed by atoms with Gasteiger partial charge in [0.05, 0.1) is 15.4 Å². The van der Waals surface area contributed by atoms with Crippen LogP contribution in [0.25, 0.3) is 0 Å². The van der Waals surface area contributed by atoms with Gasteiger partial charge in [-0.2, -0.15) is 14.7 Å². The zero-order valence-corrected chi connectivity index (χ0v) is 15.7. The van der Waals surface area contributed by atoms with Crippen LogP contribution in [0.3, 0.4) is 0 Å². The Kier molecular flexibility index (Phi) is 4.86. The maximum atomic E-state index is 12.9. The van der Waals surface area contributed by atoms with Gasteiger partial charge >= 0.3 is 5.69 Å². The van der Waals surface area contributed by atoms with E-state index in [0.29, 0.717) is 11.5 Å². The second kappa shape index (κ2) is 6.98. The molecule has 0 amide bonds. The second-order valence-electron chi connectivity index (χ2n) is 6.14. The van der Waals surface area contributed by atoms with Gasteiger partial charge in [-0.25, -0.2) is 13.1 Å². The molecular weight excluding hydrogens is 372 g/mol. The van der Waals surface area contributed by atoms with Gasteiger partial charge in [-0.05, 0) is 19.1 Å². The van der Waals surface area contributed by atoms with Crippen molar-refractivity contribution in [3.05, 3.63) is 45.6 Å². The summed E-state index contributed by atoms with van der Waals surface area (Å²) in [4.78, 5) is 12.6. The molecule has 0 unspecified atom stereocenters. The Labute approximate surface area is 156 Å². The van der Waals surface area contributed by atoms with Gasteiger partial charge < -0.3 is 4.90 Å². The largest absolute Gasteiger partial charge is 0.348 e. The molecule has 1 saturated heterocycles. The lowest BCUT2D eigenvalue weighted by Crippen LogP contribution is -2.49. The summed E-state index contributed by atoms with van der Waals surface area (Å²) >= 11 is 0. The van der Waals surface area contributed by atoms with E-state index in [2.05, 4.69) is 5.10 Å². The number of nitriles is 1. The lowest BCUT2D eigenvalue weighted by atomic mass is 10.2.